The number of amides is 3. The molecule has 2 aromatic rings. The van der Waals surface area contributed by atoms with Crippen molar-refractivity contribution in [2.24, 2.45) is 0 Å². The molecule has 0 saturated carbocycles. The van der Waals surface area contributed by atoms with Gasteiger partial charge in [-0.1, -0.05) is 17.7 Å². The zero-order valence-electron chi connectivity index (χ0n) is 24.4. The third kappa shape index (κ3) is 7.38. The summed E-state index contributed by atoms with van der Waals surface area (Å²) in [4.78, 5) is 53.1. The van der Waals surface area contributed by atoms with Crippen molar-refractivity contribution in [3.63, 3.8) is 0 Å². The maximum absolute atomic E-state index is 17.1. The van der Waals surface area contributed by atoms with Gasteiger partial charge < -0.3 is 19.5 Å². The number of rotatable bonds is 6. The second kappa shape index (κ2) is 11.7. The number of esters is 2. The van der Waals surface area contributed by atoms with Crippen LogP contribution in [0.1, 0.15) is 64.7 Å². The summed E-state index contributed by atoms with van der Waals surface area (Å²) in [5.74, 6) is -3.82. The monoisotopic (exact) mass is 630 g/mol. The Morgan fingerprint density at radius 1 is 0.953 bits per heavy atom. The standard InChI is InChI=1S/C29H31ClF4N2O7/c1-26(2,3)42-22(37)14-19(23(38)43-27(4,5)6)35-25(40)36-20-12-15(29(32,33)34)8-10-17(20)28(31,24(36)39)18-13-16(30)9-11-21(18)41-7/h8-13,19H,14H2,1-7H3,(H,35,40)/t19-,28-/m0/s1. The molecule has 1 aliphatic heterocycles. The molecule has 234 valence electrons. The molecule has 0 spiro atoms. The molecule has 0 bridgehead atoms. The highest BCUT2D eigenvalue weighted by Crippen LogP contribution is 2.51. The van der Waals surface area contributed by atoms with Crippen molar-refractivity contribution >= 4 is 41.2 Å². The lowest BCUT2D eigenvalue weighted by atomic mass is 9.88. The molecule has 1 N–H and O–H groups in total. The van der Waals surface area contributed by atoms with Gasteiger partial charge >= 0.3 is 24.1 Å². The van der Waals surface area contributed by atoms with Crippen molar-refractivity contribution in [3.05, 3.63) is 58.1 Å². The van der Waals surface area contributed by atoms with Gasteiger partial charge in [-0.15, -0.1) is 0 Å². The number of nitrogens with one attached hydrogen (secondary N) is 1. The number of urea groups is 1. The van der Waals surface area contributed by atoms with Gasteiger partial charge in [-0.05, 0) is 71.9 Å². The summed E-state index contributed by atoms with van der Waals surface area (Å²) in [5, 5.41) is 2.11. The van der Waals surface area contributed by atoms with Crippen molar-refractivity contribution in [2.45, 2.75) is 77.1 Å². The highest BCUT2D eigenvalue weighted by atomic mass is 35.5. The summed E-state index contributed by atoms with van der Waals surface area (Å²) in [5.41, 5.74) is -8.40. The second-order valence-electron chi connectivity index (χ2n) is 11.7. The van der Waals surface area contributed by atoms with E-state index in [1.54, 1.807) is 20.8 Å². The average Bonchev–Trinajstić information content (AvgIpc) is 3.07. The van der Waals surface area contributed by atoms with Crippen LogP contribution >= 0.6 is 11.6 Å². The first-order valence-corrected chi connectivity index (χ1v) is 13.3. The first-order chi connectivity index (χ1) is 19.6. The van der Waals surface area contributed by atoms with E-state index < -0.39 is 81.8 Å². The van der Waals surface area contributed by atoms with E-state index in [-0.39, 0.29) is 15.7 Å². The number of fused-ring (bicyclic) bond motifs is 1. The number of methoxy groups -OCH3 is 1. The fraction of sp³-hybridized carbons (Fsp3) is 0.448. The molecule has 1 aliphatic rings. The van der Waals surface area contributed by atoms with E-state index in [0.29, 0.717) is 12.1 Å². The maximum atomic E-state index is 17.1. The Balaban J connectivity index is 2.14. The van der Waals surface area contributed by atoms with E-state index in [1.165, 1.54) is 40.0 Å². The molecule has 14 heteroatoms. The van der Waals surface area contributed by atoms with Crippen LogP contribution in [-0.4, -0.2) is 48.2 Å². The SMILES string of the molecule is COc1ccc(Cl)cc1[C@]1(F)C(=O)N(C(=O)N[C@@H](CC(=O)OC(C)(C)C)C(=O)OC(C)(C)C)c2cc(C(F)(F)F)ccc21. The van der Waals surface area contributed by atoms with E-state index in [0.717, 1.165) is 12.1 Å². The molecule has 3 rings (SSSR count). The number of hydrogen-bond donors (Lipinski definition) is 1. The number of anilines is 1. The number of imide groups is 1. The predicted molar refractivity (Wildman–Crippen MR) is 147 cm³/mol. The number of halogens is 5. The summed E-state index contributed by atoms with van der Waals surface area (Å²) in [6.45, 7) is 9.25. The van der Waals surface area contributed by atoms with Gasteiger partial charge in [-0.2, -0.15) is 13.2 Å². The number of carbonyl (C=O) groups excluding carboxylic acids is 4. The molecule has 0 aromatic heterocycles. The largest absolute Gasteiger partial charge is 0.496 e. The summed E-state index contributed by atoms with van der Waals surface area (Å²) in [7, 11) is 1.18. The van der Waals surface area contributed by atoms with Gasteiger partial charge in [0.2, 0.25) is 5.67 Å². The third-order valence-corrected chi connectivity index (χ3v) is 6.19. The Kier molecular flexibility index (Phi) is 9.12. The molecule has 0 fully saturated rings. The van der Waals surface area contributed by atoms with Crippen LogP contribution in [0.2, 0.25) is 5.02 Å². The molecule has 1 heterocycles. The Bertz CT molecular complexity index is 1450. The highest BCUT2D eigenvalue weighted by molar-refractivity contribution is 6.31. The molecule has 0 unspecified atom stereocenters. The molecular formula is C29H31ClF4N2O7. The number of benzene rings is 2. The second-order valence-corrected chi connectivity index (χ2v) is 12.1. The number of alkyl halides is 4. The third-order valence-electron chi connectivity index (χ3n) is 5.95. The Labute approximate surface area is 250 Å². The van der Waals surface area contributed by atoms with Gasteiger partial charge in [0.1, 0.15) is 23.0 Å². The summed E-state index contributed by atoms with van der Waals surface area (Å²) < 4.78 is 73.8. The van der Waals surface area contributed by atoms with E-state index in [9.17, 15) is 32.3 Å². The summed E-state index contributed by atoms with van der Waals surface area (Å²) >= 11 is 6.05. The minimum absolute atomic E-state index is 0.0284. The lowest BCUT2D eigenvalue weighted by Crippen LogP contribution is -2.53. The molecule has 3 amide bonds. The molecule has 2 aromatic carbocycles. The number of hydrogen-bond acceptors (Lipinski definition) is 7. The average molecular weight is 631 g/mol. The van der Waals surface area contributed by atoms with Crippen LogP contribution in [0, 0.1) is 0 Å². The fourth-order valence-electron chi connectivity index (χ4n) is 4.30. The number of carbonyl (C=O) groups is 4. The van der Waals surface area contributed by atoms with Crippen LogP contribution < -0.4 is 15.0 Å². The molecule has 43 heavy (non-hydrogen) atoms. The van der Waals surface area contributed by atoms with Gasteiger partial charge in [0.25, 0.3) is 5.91 Å². The van der Waals surface area contributed by atoms with E-state index in [2.05, 4.69) is 5.32 Å². The van der Waals surface area contributed by atoms with Crippen molar-refractivity contribution in [1.82, 2.24) is 5.32 Å². The van der Waals surface area contributed by atoms with E-state index in [4.69, 9.17) is 25.8 Å². The van der Waals surface area contributed by atoms with Crippen molar-refractivity contribution in [2.75, 3.05) is 12.0 Å². The predicted octanol–water partition coefficient (Wildman–Crippen LogP) is 6.08. The minimum atomic E-state index is -4.93. The quantitative estimate of drug-likeness (QED) is 0.304. The summed E-state index contributed by atoms with van der Waals surface area (Å²) in [6, 6.07) is 2.10. The van der Waals surface area contributed by atoms with E-state index in [1.807, 2.05) is 0 Å². The van der Waals surface area contributed by atoms with Gasteiger partial charge in [-0.25, -0.2) is 18.9 Å². The van der Waals surface area contributed by atoms with Gasteiger partial charge in [-0.3, -0.25) is 9.59 Å². The van der Waals surface area contributed by atoms with Crippen LogP contribution in [0.3, 0.4) is 0 Å². The van der Waals surface area contributed by atoms with Crippen molar-refractivity contribution < 1.29 is 51.0 Å². The van der Waals surface area contributed by atoms with Crippen molar-refractivity contribution in [3.8, 4) is 5.75 Å². The first kappa shape index (κ1) is 33.6. The van der Waals surface area contributed by atoms with Crippen LogP contribution in [0.25, 0.3) is 0 Å². The molecule has 0 radical (unpaired) electrons. The highest BCUT2D eigenvalue weighted by Gasteiger charge is 2.57. The molecular weight excluding hydrogens is 600 g/mol. The van der Waals surface area contributed by atoms with E-state index >= 15 is 4.39 Å². The Morgan fingerprint density at radius 2 is 1.56 bits per heavy atom. The minimum Gasteiger partial charge on any atom is -0.496 e. The lowest BCUT2D eigenvalue weighted by Gasteiger charge is -2.27. The van der Waals surface area contributed by atoms with Gasteiger partial charge in [0.05, 0.1) is 24.8 Å². The van der Waals surface area contributed by atoms with Crippen LogP contribution in [0.4, 0.5) is 28.0 Å². The summed E-state index contributed by atoms with van der Waals surface area (Å²) in [6.07, 6.45) is -5.69. The zero-order valence-corrected chi connectivity index (χ0v) is 25.2. The van der Waals surface area contributed by atoms with Gasteiger partial charge in [0, 0.05) is 16.1 Å². The zero-order chi connectivity index (χ0) is 32.7. The first-order valence-electron chi connectivity index (χ1n) is 12.9. The lowest BCUT2D eigenvalue weighted by molar-refractivity contribution is -0.164. The smallest absolute Gasteiger partial charge is 0.416 e. The maximum Gasteiger partial charge on any atom is 0.416 e. The van der Waals surface area contributed by atoms with Crippen LogP contribution in [-0.2, 0) is 35.7 Å². The van der Waals surface area contributed by atoms with Crippen molar-refractivity contribution in [1.29, 1.82) is 0 Å². The van der Waals surface area contributed by atoms with Gasteiger partial charge in [0.15, 0.2) is 0 Å². The Morgan fingerprint density at radius 3 is 2.09 bits per heavy atom. The normalized spacial score (nSPS) is 17.7. The fourth-order valence-corrected chi connectivity index (χ4v) is 4.48. The number of nitrogens with zero attached hydrogens (tertiary/aromatic N) is 1. The molecule has 2 atom stereocenters. The number of ether oxygens (including phenoxy) is 3. The Hall–Kier alpha value is -3.87. The molecule has 0 saturated heterocycles. The van der Waals surface area contributed by atoms with Crippen LogP contribution in [0.5, 0.6) is 5.75 Å². The molecule has 9 nitrogen and oxygen atoms in total. The molecule has 0 aliphatic carbocycles. The topological polar surface area (TPSA) is 111 Å². The van der Waals surface area contributed by atoms with Crippen LogP contribution in [0.15, 0.2) is 36.4 Å².